The number of hydrogen-bond donors (Lipinski definition) is 0. The minimum absolute atomic E-state index is 0.461. The molecule has 0 bridgehead atoms. The zero-order valence-corrected chi connectivity index (χ0v) is 6.38. The second-order valence-corrected chi connectivity index (χ2v) is 3.34. The summed E-state index contributed by atoms with van der Waals surface area (Å²) in [6, 6.07) is 0. The lowest BCUT2D eigenvalue weighted by Crippen LogP contribution is -2.26. The van der Waals surface area contributed by atoms with Gasteiger partial charge in [-0.25, -0.2) is 0 Å². The minimum atomic E-state index is 0.461. The van der Waals surface area contributed by atoms with E-state index in [4.69, 9.17) is 9.47 Å². The van der Waals surface area contributed by atoms with E-state index in [1.54, 1.807) is 0 Å². The average Bonchev–Trinajstić information content (AvgIpc) is 2.68. The van der Waals surface area contributed by atoms with Crippen molar-refractivity contribution in [2.75, 3.05) is 13.2 Å². The molecule has 3 atom stereocenters. The lowest BCUT2D eigenvalue weighted by molar-refractivity contribution is -0.00353. The summed E-state index contributed by atoms with van der Waals surface area (Å²) in [7, 11) is 0. The van der Waals surface area contributed by atoms with E-state index < -0.39 is 0 Å². The fourth-order valence-corrected chi connectivity index (χ4v) is 1.70. The summed E-state index contributed by atoms with van der Waals surface area (Å²) < 4.78 is 10.7. The molecule has 2 aliphatic rings. The van der Waals surface area contributed by atoms with Gasteiger partial charge in [-0.1, -0.05) is 0 Å². The molecule has 0 amide bonds. The molecule has 0 saturated carbocycles. The van der Waals surface area contributed by atoms with Gasteiger partial charge in [-0.05, 0) is 25.7 Å². The summed E-state index contributed by atoms with van der Waals surface area (Å²) in [5, 5.41) is 0. The Kier molecular flexibility index (Phi) is 1.66. The van der Waals surface area contributed by atoms with Gasteiger partial charge < -0.3 is 9.47 Å². The molecule has 2 heterocycles. The van der Waals surface area contributed by atoms with Gasteiger partial charge in [-0.15, -0.1) is 0 Å². The molecule has 2 heteroatoms. The molecule has 0 aromatic heterocycles. The summed E-state index contributed by atoms with van der Waals surface area (Å²) >= 11 is 0. The molecule has 2 aliphatic heterocycles. The predicted molar refractivity (Wildman–Crippen MR) is 37.9 cm³/mol. The van der Waals surface area contributed by atoms with Crippen LogP contribution in [0.3, 0.4) is 0 Å². The topological polar surface area (TPSA) is 21.8 Å². The SMILES string of the molecule is CC1CC(C2CO2)CCO1. The largest absolute Gasteiger partial charge is 0.378 e. The van der Waals surface area contributed by atoms with E-state index in [2.05, 4.69) is 6.92 Å². The zero-order valence-electron chi connectivity index (χ0n) is 6.38. The van der Waals surface area contributed by atoms with Crippen LogP contribution in [0.4, 0.5) is 0 Å². The van der Waals surface area contributed by atoms with Crippen molar-refractivity contribution >= 4 is 0 Å². The molecular formula is C8H14O2. The van der Waals surface area contributed by atoms with Crippen LogP contribution in [0.15, 0.2) is 0 Å². The van der Waals surface area contributed by atoms with Gasteiger partial charge >= 0.3 is 0 Å². The molecular weight excluding hydrogens is 128 g/mol. The molecule has 0 N–H and O–H groups in total. The Hall–Kier alpha value is -0.0800. The smallest absolute Gasteiger partial charge is 0.0839 e. The standard InChI is InChI=1S/C8H14O2/c1-6-4-7(2-3-9-6)8-5-10-8/h6-8H,2-5H2,1H3. The van der Waals surface area contributed by atoms with Crippen molar-refractivity contribution in [2.45, 2.75) is 32.0 Å². The van der Waals surface area contributed by atoms with Crippen molar-refractivity contribution in [3.8, 4) is 0 Å². The van der Waals surface area contributed by atoms with Crippen LogP contribution in [0, 0.1) is 5.92 Å². The van der Waals surface area contributed by atoms with Crippen molar-refractivity contribution in [2.24, 2.45) is 5.92 Å². The fraction of sp³-hybridized carbons (Fsp3) is 1.00. The van der Waals surface area contributed by atoms with E-state index >= 15 is 0 Å². The monoisotopic (exact) mass is 142 g/mol. The summed E-state index contributed by atoms with van der Waals surface area (Å²) in [5.41, 5.74) is 0. The number of epoxide rings is 1. The van der Waals surface area contributed by atoms with E-state index in [9.17, 15) is 0 Å². The highest BCUT2D eigenvalue weighted by Gasteiger charge is 2.35. The molecule has 58 valence electrons. The van der Waals surface area contributed by atoms with Crippen LogP contribution in [-0.2, 0) is 9.47 Å². The molecule has 0 spiro atoms. The Morgan fingerprint density at radius 1 is 1.30 bits per heavy atom. The Bertz CT molecular complexity index is 120. The predicted octanol–water partition coefficient (Wildman–Crippen LogP) is 1.20. The first-order valence-electron chi connectivity index (χ1n) is 4.09. The van der Waals surface area contributed by atoms with Gasteiger partial charge in [0.25, 0.3) is 0 Å². The van der Waals surface area contributed by atoms with Crippen molar-refractivity contribution in [3.63, 3.8) is 0 Å². The highest BCUT2D eigenvalue weighted by molar-refractivity contribution is 4.82. The molecule has 0 aromatic rings. The maximum Gasteiger partial charge on any atom is 0.0839 e. The molecule has 0 aliphatic carbocycles. The van der Waals surface area contributed by atoms with E-state index in [1.165, 1.54) is 12.8 Å². The van der Waals surface area contributed by atoms with Gasteiger partial charge in [0.15, 0.2) is 0 Å². The van der Waals surface area contributed by atoms with Crippen LogP contribution < -0.4 is 0 Å². The highest BCUT2D eigenvalue weighted by atomic mass is 16.6. The lowest BCUT2D eigenvalue weighted by atomic mass is 9.93. The zero-order chi connectivity index (χ0) is 6.97. The van der Waals surface area contributed by atoms with Crippen LogP contribution in [-0.4, -0.2) is 25.4 Å². The number of rotatable bonds is 1. The van der Waals surface area contributed by atoms with Gasteiger partial charge in [0.05, 0.1) is 18.8 Å². The summed E-state index contributed by atoms with van der Waals surface area (Å²) in [4.78, 5) is 0. The quantitative estimate of drug-likeness (QED) is 0.513. The lowest BCUT2D eigenvalue weighted by Gasteiger charge is -2.25. The van der Waals surface area contributed by atoms with Gasteiger partial charge in [0, 0.05) is 6.61 Å². The molecule has 10 heavy (non-hydrogen) atoms. The molecule has 0 radical (unpaired) electrons. The highest BCUT2D eigenvalue weighted by Crippen LogP contribution is 2.30. The van der Waals surface area contributed by atoms with Gasteiger partial charge in [0.1, 0.15) is 0 Å². The second-order valence-electron chi connectivity index (χ2n) is 3.34. The first-order valence-corrected chi connectivity index (χ1v) is 4.09. The Morgan fingerprint density at radius 3 is 2.70 bits per heavy atom. The van der Waals surface area contributed by atoms with Gasteiger partial charge in [-0.2, -0.15) is 0 Å². The normalized spacial score (nSPS) is 47.1. The molecule has 0 aromatic carbocycles. The van der Waals surface area contributed by atoms with Crippen LogP contribution in [0.1, 0.15) is 19.8 Å². The maximum atomic E-state index is 5.43. The molecule has 2 rings (SSSR count). The third-order valence-corrected chi connectivity index (χ3v) is 2.41. The second kappa shape index (κ2) is 2.51. The summed E-state index contributed by atoms with van der Waals surface area (Å²) in [6.07, 6.45) is 3.45. The van der Waals surface area contributed by atoms with E-state index in [-0.39, 0.29) is 0 Å². The van der Waals surface area contributed by atoms with Crippen molar-refractivity contribution in [3.05, 3.63) is 0 Å². The summed E-state index contributed by atoms with van der Waals surface area (Å²) in [6.45, 7) is 4.08. The average molecular weight is 142 g/mol. The van der Waals surface area contributed by atoms with E-state index in [0.717, 1.165) is 19.1 Å². The third-order valence-electron chi connectivity index (χ3n) is 2.41. The molecule has 2 nitrogen and oxygen atoms in total. The number of ether oxygens (including phenoxy) is 2. The van der Waals surface area contributed by atoms with Crippen molar-refractivity contribution in [1.29, 1.82) is 0 Å². The Morgan fingerprint density at radius 2 is 2.10 bits per heavy atom. The van der Waals surface area contributed by atoms with Crippen LogP contribution in [0.25, 0.3) is 0 Å². The Labute approximate surface area is 61.5 Å². The van der Waals surface area contributed by atoms with Crippen LogP contribution in [0.5, 0.6) is 0 Å². The van der Waals surface area contributed by atoms with E-state index in [1.807, 2.05) is 0 Å². The van der Waals surface area contributed by atoms with Crippen LogP contribution in [0.2, 0.25) is 0 Å². The van der Waals surface area contributed by atoms with Crippen molar-refractivity contribution in [1.82, 2.24) is 0 Å². The van der Waals surface area contributed by atoms with E-state index in [0.29, 0.717) is 12.2 Å². The van der Waals surface area contributed by atoms with Crippen molar-refractivity contribution < 1.29 is 9.47 Å². The van der Waals surface area contributed by atoms with Gasteiger partial charge in [-0.3, -0.25) is 0 Å². The Balaban J connectivity index is 1.84. The van der Waals surface area contributed by atoms with Gasteiger partial charge in [0.2, 0.25) is 0 Å². The molecule has 3 unspecified atom stereocenters. The first-order chi connectivity index (χ1) is 4.86. The maximum absolute atomic E-state index is 5.43. The minimum Gasteiger partial charge on any atom is -0.378 e. The van der Waals surface area contributed by atoms with Crippen LogP contribution >= 0.6 is 0 Å². The third kappa shape index (κ3) is 1.32. The number of hydrogen-bond acceptors (Lipinski definition) is 2. The molecule has 2 fully saturated rings. The fourth-order valence-electron chi connectivity index (χ4n) is 1.70. The summed E-state index contributed by atoms with van der Waals surface area (Å²) in [5.74, 6) is 0.795. The first kappa shape index (κ1) is 6.62. The molecule has 2 saturated heterocycles.